The molecule has 196 valence electrons. The summed E-state index contributed by atoms with van der Waals surface area (Å²) in [5.74, 6) is 2.55. The molecule has 37 heavy (non-hydrogen) atoms. The van der Waals surface area contributed by atoms with Crippen molar-refractivity contribution in [2.45, 2.75) is 44.7 Å². The summed E-state index contributed by atoms with van der Waals surface area (Å²) in [5.41, 5.74) is 2.88. The fourth-order valence-corrected chi connectivity index (χ4v) is 5.97. The summed E-state index contributed by atoms with van der Waals surface area (Å²) in [6.07, 6.45) is 8.05. The normalized spacial score (nSPS) is 19.9. The number of fused-ring (bicyclic) bond motifs is 1. The number of hydrogen-bond acceptors (Lipinski definition) is 9. The molecular weight excluding hydrogens is 464 g/mol. The van der Waals surface area contributed by atoms with Crippen LogP contribution in [0.2, 0.25) is 0 Å². The lowest BCUT2D eigenvalue weighted by Crippen LogP contribution is -2.47. The maximum Gasteiger partial charge on any atom is 0.228 e. The predicted molar refractivity (Wildman–Crippen MR) is 147 cm³/mol. The van der Waals surface area contributed by atoms with E-state index in [4.69, 9.17) is 24.7 Å². The van der Waals surface area contributed by atoms with Crippen molar-refractivity contribution in [2.24, 2.45) is 0 Å². The minimum absolute atomic E-state index is 0.687. The first-order valence-corrected chi connectivity index (χ1v) is 13.9. The SMILES string of the molecule is CN(Cc1ccccc1)c1ncnc2c(N3CCOCC3)nc(N3CCC(N4CCCCC4)CC3)nc12. The number of nitrogens with zero attached hydrogens (tertiary/aromatic N) is 8. The molecule has 5 heterocycles. The highest BCUT2D eigenvalue weighted by Gasteiger charge is 2.29. The minimum Gasteiger partial charge on any atom is -0.378 e. The summed E-state index contributed by atoms with van der Waals surface area (Å²) < 4.78 is 5.64. The number of likely N-dealkylation sites (tertiary alicyclic amines) is 1. The van der Waals surface area contributed by atoms with Crippen LogP contribution in [0.4, 0.5) is 17.6 Å². The van der Waals surface area contributed by atoms with Gasteiger partial charge in [0, 0.05) is 45.8 Å². The number of benzene rings is 1. The van der Waals surface area contributed by atoms with Crippen molar-refractivity contribution >= 4 is 28.6 Å². The smallest absolute Gasteiger partial charge is 0.228 e. The first-order valence-electron chi connectivity index (χ1n) is 13.9. The molecule has 3 aliphatic heterocycles. The van der Waals surface area contributed by atoms with Gasteiger partial charge in [-0.15, -0.1) is 0 Å². The maximum atomic E-state index is 5.64. The second-order valence-corrected chi connectivity index (χ2v) is 10.5. The van der Waals surface area contributed by atoms with Crippen molar-refractivity contribution < 1.29 is 4.74 Å². The van der Waals surface area contributed by atoms with Gasteiger partial charge >= 0.3 is 0 Å². The average Bonchev–Trinajstić information content (AvgIpc) is 2.98. The van der Waals surface area contributed by atoms with Gasteiger partial charge in [0.2, 0.25) is 5.95 Å². The Morgan fingerprint density at radius 1 is 0.838 bits per heavy atom. The predicted octanol–water partition coefficient (Wildman–Crippen LogP) is 3.35. The number of aromatic nitrogens is 4. The van der Waals surface area contributed by atoms with Crippen LogP contribution < -0.4 is 14.7 Å². The highest BCUT2D eigenvalue weighted by atomic mass is 16.5. The van der Waals surface area contributed by atoms with E-state index in [2.05, 4.69) is 50.9 Å². The van der Waals surface area contributed by atoms with E-state index in [9.17, 15) is 0 Å². The Hall–Kier alpha value is -3.04. The summed E-state index contributed by atoms with van der Waals surface area (Å²) in [5, 5.41) is 0. The van der Waals surface area contributed by atoms with Crippen LogP contribution >= 0.6 is 0 Å². The molecule has 6 rings (SSSR count). The number of hydrogen-bond donors (Lipinski definition) is 0. The molecule has 0 aliphatic carbocycles. The Morgan fingerprint density at radius 2 is 1.59 bits per heavy atom. The Balaban J connectivity index is 1.32. The van der Waals surface area contributed by atoms with E-state index in [1.54, 1.807) is 6.33 Å². The first-order chi connectivity index (χ1) is 18.3. The lowest BCUT2D eigenvalue weighted by Gasteiger charge is -2.40. The molecule has 0 bridgehead atoms. The third-order valence-electron chi connectivity index (χ3n) is 8.02. The highest BCUT2D eigenvalue weighted by molar-refractivity contribution is 5.94. The first kappa shape index (κ1) is 24.3. The molecule has 0 unspecified atom stereocenters. The molecule has 3 aromatic rings. The Kier molecular flexibility index (Phi) is 7.32. The van der Waals surface area contributed by atoms with Crippen molar-refractivity contribution in [3.63, 3.8) is 0 Å². The number of ether oxygens (including phenoxy) is 1. The van der Waals surface area contributed by atoms with Crippen LogP contribution in [0.15, 0.2) is 36.7 Å². The average molecular weight is 503 g/mol. The lowest BCUT2D eigenvalue weighted by molar-refractivity contribution is 0.122. The minimum atomic E-state index is 0.687. The standard InChI is InChI=1S/C28H38N8O/c1-33(20-22-8-4-2-5-9-22)26-25-24(29-21-30-26)27(35-16-18-37-19-17-35)32-28(31-25)36-14-10-23(11-15-36)34-12-6-3-7-13-34/h2,4-5,8-9,21,23H,3,6-7,10-20H2,1H3. The summed E-state index contributed by atoms with van der Waals surface area (Å²) >= 11 is 0. The van der Waals surface area contributed by atoms with Crippen LogP contribution in [-0.2, 0) is 11.3 Å². The van der Waals surface area contributed by atoms with Crippen molar-refractivity contribution in [1.29, 1.82) is 0 Å². The Labute approximate surface area is 219 Å². The Morgan fingerprint density at radius 3 is 2.35 bits per heavy atom. The van der Waals surface area contributed by atoms with Gasteiger partial charge in [-0.25, -0.2) is 15.0 Å². The van der Waals surface area contributed by atoms with Crippen LogP contribution in [0.3, 0.4) is 0 Å². The summed E-state index contributed by atoms with van der Waals surface area (Å²) in [4.78, 5) is 29.2. The monoisotopic (exact) mass is 502 g/mol. The maximum absolute atomic E-state index is 5.64. The van der Waals surface area contributed by atoms with E-state index in [0.717, 1.165) is 61.3 Å². The molecular formula is C28H38N8O. The topological polar surface area (TPSA) is 73.8 Å². The van der Waals surface area contributed by atoms with Gasteiger partial charge in [-0.2, -0.15) is 4.98 Å². The lowest BCUT2D eigenvalue weighted by atomic mass is 10.00. The van der Waals surface area contributed by atoms with Gasteiger partial charge in [-0.05, 0) is 44.3 Å². The quantitative estimate of drug-likeness (QED) is 0.504. The zero-order chi connectivity index (χ0) is 25.0. The van der Waals surface area contributed by atoms with Crippen LogP contribution in [0.1, 0.15) is 37.7 Å². The highest BCUT2D eigenvalue weighted by Crippen LogP contribution is 2.32. The largest absolute Gasteiger partial charge is 0.378 e. The van der Waals surface area contributed by atoms with E-state index >= 15 is 0 Å². The van der Waals surface area contributed by atoms with Crippen molar-refractivity contribution in [2.75, 3.05) is 74.2 Å². The van der Waals surface area contributed by atoms with Crippen molar-refractivity contribution in [3.05, 3.63) is 42.2 Å². The van der Waals surface area contributed by atoms with Gasteiger partial charge in [0.25, 0.3) is 0 Å². The van der Waals surface area contributed by atoms with E-state index in [-0.39, 0.29) is 0 Å². The molecule has 9 heteroatoms. The summed E-state index contributed by atoms with van der Waals surface area (Å²) in [7, 11) is 2.08. The van der Waals surface area contributed by atoms with E-state index in [1.165, 1.54) is 50.8 Å². The number of piperidine rings is 2. The second-order valence-electron chi connectivity index (χ2n) is 10.5. The van der Waals surface area contributed by atoms with Crippen LogP contribution in [0.25, 0.3) is 11.0 Å². The molecule has 0 N–H and O–H groups in total. The second kappa shape index (κ2) is 11.1. The number of rotatable bonds is 6. The van der Waals surface area contributed by atoms with Crippen molar-refractivity contribution in [1.82, 2.24) is 24.8 Å². The molecule has 0 saturated carbocycles. The third kappa shape index (κ3) is 5.33. The van der Waals surface area contributed by atoms with Crippen molar-refractivity contribution in [3.8, 4) is 0 Å². The van der Waals surface area contributed by atoms with Crippen LogP contribution in [0, 0.1) is 0 Å². The molecule has 0 radical (unpaired) electrons. The Bertz CT molecular complexity index is 1170. The summed E-state index contributed by atoms with van der Waals surface area (Å²) in [6.45, 7) is 8.25. The molecule has 0 spiro atoms. The zero-order valence-corrected chi connectivity index (χ0v) is 21.9. The third-order valence-corrected chi connectivity index (χ3v) is 8.02. The molecule has 3 aliphatic rings. The molecule has 3 saturated heterocycles. The molecule has 0 amide bonds. The van der Waals surface area contributed by atoms with E-state index in [1.807, 2.05) is 6.07 Å². The number of morpholine rings is 1. The molecule has 3 fully saturated rings. The fraction of sp³-hybridized carbons (Fsp3) is 0.571. The van der Waals surface area contributed by atoms with Crippen LogP contribution in [0.5, 0.6) is 0 Å². The number of anilines is 3. The fourth-order valence-electron chi connectivity index (χ4n) is 5.97. The summed E-state index contributed by atoms with van der Waals surface area (Å²) in [6, 6.07) is 11.2. The molecule has 9 nitrogen and oxygen atoms in total. The van der Waals surface area contributed by atoms with Gasteiger partial charge in [0.05, 0.1) is 13.2 Å². The molecule has 1 aromatic carbocycles. The molecule has 2 aromatic heterocycles. The molecule has 0 atom stereocenters. The van der Waals surface area contributed by atoms with E-state index < -0.39 is 0 Å². The van der Waals surface area contributed by atoms with Crippen LogP contribution in [-0.4, -0.2) is 90.4 Å². The van der Waals surface area contributed by atoms with Gasteiger partial charge in [-0.1, -0.05) is 36.8 Å². The van der Waals surface area contributed by atoms with E-state index in [0.29, 0.717) is 19.3 Å². The zero-order valence-electron chi connectivity index (χ0n) is 21.9. The van der Waals surface area contributed by atoms with Gasteiger partial charge in [-0.3, -0.25) is 0 Å². The van der Waals surface area contributed by atoms with Gasteiger partial charge < -0.3 is 24.3 Å². The van der Waals surface area contributed by atoms with Gasteiger partial charge in [0.15, 0.2) is 11.6 Å². The van der Waals surface area contributed by atoms with Gasteiger partial charge in [0.1, 0.15) is 17.4 Å².